The molecule has 1 heterocycles. The topological polar surface area (TPSA) is 67.9 Å². The zero-order chi connectivity index (χ0) is 17.7. The number of nitrogens with one attached hydrogen (secondary N) is 1. The summed E-state index contributed by atoms with van der Waals surface area (Å²) in [4.78, 5) is 26.1. The minimum Gasteiger partial charge on any atom is -0.436 e. The maximum Gasteiger partial charge on any atom is 0.410 e. The summed E-state index contributed by atoms with van der Waals surface area (Å²) in [6.45, 7) is 4.96. The van der Waals surface area contributed by atoms with Crippen molar-refractivity contribution in [1.82, 2.24) is 10.2 Å². The van der Waals surface area contributed by atoms with Gasteiger partial charge in [0.15, 0.2) is 4.11 Å². The van der Waals surface area contributed by atoms with Crippen LogP contribution in [0.25, 0.3) is 0 Å². The molecule has 2 atom stereocenters. The second-order valence-corrected chi connectivity index (χ2v) is 7.87. The minimum absolute atomic E-state index is 0.0253. The lowest BCUT2D eigenvalue weighted by Gasteiger charge is -2.32. The van der Waals surface area contributed by atoms with Crippen molar-refractivity contribution < 1.29 is 19.1 Å². The Hall–Kier alpha value is -1.09. The molecule has 1 N–H and O–H groups in total. The minimum atomic E-state index is -0.279. The molecule has 7 heteroatoms. The van der Waals surface area contributed by atoms with Crippen molar-refractivity contribution in [2.24, 2.45) is 0 Å². The fourth-order valence-electron chi connectivity index (χ4n) is 3.00. The molecule has 0 aromatic rings. The lowest BCUT2D eigenvalue weighted by molar-refractivity contribution is -0.118. The van der Waals surface area contributed by atoms with Crippen LogP contribution < -0.4 is 5.32 Å². The van der Waals surface area contributed by atoms with E-state index in [4.69, 9.17) is 9.47 Å². The molecule has 6 nitrogen and oxygen atoms in total. The summed E-state index contributed by atoms with van der Waals surface area (Å²) in [5, 5.41) is 3.08. The van der Waals surface area contributed by atoms with E-state index in [0.29, 0.717) is 18.7 Å². The Bertz CT molecular complexity index is 537. The van der Waals surface area contributed by atoms with Gasteiger partial charge in [0.2, 0.25) is 0 Å². The van der Waals surface area contributed by atoms with Crippen molar-refractivity contribution in [1.29, 1.82) is 0 Å². The molecule has 2 amide bonds. The second-order valence-electron chi connectivity index (χ2n) is 6.12. The zero-order valence-corrected chi connectivity index (χ0v) is 16.5. The van der Waals surface area contributed by atoms with Crippen molar-refractivity contribution in [2.45, 2.75) is 49.4 Å². The van der Waals surface area contributed by atoms with Gasteiger partial charge in [-0.05, 0) is 61.3 Å². The number of amides is 2. The Balaban J connectivity index is 1.86. The summed E-state index contributed by atoms with van der Waals surface area (Å²) in [5.41, 5.74) is 1.66. The van der Waals surface area contributed by atoms with Gasteiger partial charge in [-0.1, -0.05) is 12.2 Å². The maximum absolute atomic E-state index is 12.5. The Kier molecular flexibility index (Phi) is 7.09. The van der Waals surface area contributed by atoms with E-state index in [-0.39, 0.29) is 28.3 Å². The average Bonchev–Trinajstić information content (AvgIpc) is 2.55. The van der Waals surface area contributed by atoms with Crippen LogP contribution in [0.3, 0.4) is 0 Å². The molecule has 134 valence electrons. The Morgan fingerprint density at radius 1 is 1.38 bits per heavy atom. The molecular weight excluding hydrogens is 423 g/mol. The van der Waals surface area contributed by atoms with Crippen LogP contribution >= 0.6 is 22.6 Å². The molecular formula is C17H25IN2O4. The molecule has 2 rings (SSSR count). The predicted molar refractivity (Wildman–Crippen MR) is 100.0 cm³/mol. The van der Waals surface area contributed by atoms with Gasteiger partial charge in [0, 0.05) is 31.8 Å². The highest BCUT2D eigenvalue weighted by Gasteiger charge is 2.27. The number of ether oxygens (including phenoxy) is 2. The van der Waals surface area contributed by atoms with Crippen LogP contribution in [0.2, 0.25) is 0 Å². The van der Waals surface area contributed by atoms with E-state index >= 15 is 0 Å². The standard InChI is InChI=1S/C17H25IN2O4/c1-11-14(5-4-6-15(11)23-3)16(21)19-13-7-9-20(10-8-13)17(22)24-12(2)18/h4-5,12-13,15H,6-10H2,1-3H3,(H,19,21). The number of likely N-dealkylation sites (tertiary alicyclic amines) is 1. The number of methoxy groups -OCH3 is 1. The summed E-state index contributed by atoms with van der Waals surface area (Å²) in [6, 6.07) is 0.0789. The molecule has 0 radical (unpaired) electrons. The lowest BCUT2D eigenvalue weighted by atomic mass is 9.95. The number of piperidine rings is 1. The molecule has 0 aromatic carbocycles. The third-order valence-corrected chi connectivity index (χ3v) is 4.68. The number of halogens is 1. The SMILES string of the molecule is COC1CC=CC(C(=O)NC2CCN(C(=O)OC(C)I)CC2)=C1C. The van der Waals surface area contributed by atoms with E-state index < -0.39 is 0 Å². The highest BCUT2D eigenvalue weighted by molar-refractivity contribution is 14.1. The van der Waals surface area contributed by atoms with E-state index in [1.54, 1.807) is 12.0 Å². The Labute approximate surface area is 156 Å². The van der Waals surface area contributed by atoms with Crippen LogP contribution in [-0.4, -0.2) is 53.4 Å². The van der Waals surface area contributed by atoms with Crippen molar-refractivity contribution in [3.8, 4) is 0 Å². The fourth-order valence-corrected chi connectivity index (χ4v) is 3.22. The van der Waals surface area contributed by atoms with Crippen LogP contribution in [0, 0.1) is 0 Å². The molecule has 0 aromatic heterocycles. The average molecular weight is 448 g/mol. The molecule has 0 saturated carbocycles. The number of hydrogen-bond donors (Lipinski definition) is 1. The summed E-state index contributed by atoms with van der Waals surface area (Å²) < 4.78 is 10.4. The van der Waals surface area contributed by atoms with Gasteiger partial charge in [-0.3, -0.25) is 4.79 Å². The van der Waals surface area contributed by atoms with Gasteiger partial charge in [-0.25, -0.2) is 4.79 Å². The first kappa shape index (κ1) is 19.2. The van der Waals surface area contributed by atoms with Crippen LogP contribution in [0.5, 0.6) is 0 Å². The Morgan fingerprint density at radius 3 is 2.62 bits per heavy atom. The molecule has 1 aliphatic heterocycles. The van der Waals surface area contributed by atoms with Gasteiger partial charge in [0.25, 0.3) is 5.91 Å². The third-order valence-electron chi connectivity index (χ3n) is 4.42. The fraction of sp³-hybridized carbons (Fsp3) is 0.647. The number of carbonyl (C=O) groups excluding carboxylic acids is 2. The van der Waals surface area contributed by atoms with Gasteiger partial charge >= 0.3 is 6.09 Å². The van der Waals surface area contributed by atoms with Gasteiger partial charge in [0.1, 0.15) is 0 Å². The molecule has 1 fully saturated rings. The van der Waals surface area contributed by atoms with Gasteiger partial charge < -0.3 is 19.7 Å². The van der Waals surface area contributed by atoms with E-state index in [1.165, 1.54) is 0 Å². The van der Waals surface area contributed by atoms with E-state index in [9.17, 15) is 9.59 Å². The smallest absolute Gasteiger partial charge is 0.410 e. The van der Waals surface area contributed by atoms with Crippen molar-refractivity contribution in [3.63, 3.8) is 0 Å². The monoisotopic (exact) mass is 448 g/mol. The first-order chi connectivity index (χ1) is 11.4. The van der Waals surface area contributed by atoms with E-state index in [2.05, 4.69) is 27.9 Å². The van der Waals surface area contributed by atoms with Crippen LogP contribution in [0.15, 0.2) is 23.3 Å². The number of nitrogens with zero attached hydrogens (tertiary/aromatic N) is 1. The summed E-state index contributed by atoms with van der Waals surface area (Å²) >= 11 is 2.06. The lowest BCUT2D eigenvalue weighted by Crippen LogP contribution is -2.47. The quantitative estimate of drug-likeness (QED) is 0.531. The van der Waals surface area contributed by atoms with Crippen molar-refractivity contribution in [2.75, 3.05) is 20.2 Å². The van der Waals surface area contributed by atoms with Crippen LogP contribution in [-0.2, 0) is 14.3 Å². The van der Waals surface area contributed by atoms with Gasteiger partial charge in [-0.15, -0.1) is 0 Å². The molecule has 0 bridgehead atoms. The molecule has 2 unspecified atom stereocenters. The zero-order valence-electron chi connectivity index (χ0n) is 14.4. The van der Waals surface area contributed by atoms with Crippen molar-refractivity contribution in [3.05, 3.63) is 23.3 Å². The predicted octanol–water partition coefficient (Wildman–Crippen LogP) is 2.78. The first-order valence-electron chi connectivity index (χ1n) is 8.23. The third kappa shape index (κ3) is 4.95. The largest absolute Gasteiger partial charge is 0.436 e. The number of rotatable bonds is 4. The van der Waals surface area contributed by atoms with E-state index in [1.807, 2.05) is 26.0 Å². The number of carbonyl (C=O) groups is 2. The first-order valence-corrected chi connectivity index (χ1v) is 9.47. The molecule has 24 heavy (non-hydrogen) atoms. The number of hydrogen-bond acceptors (Lipinski definition) is 4. The molecule has 1 aliphatic carbocycles. The van der Waals surface area contributed by atoms with Crippen LogP contribution in [0.1, 0.15) is 33.1 Å². The maximum atomic E-state index is 12.5. The highest BCUT2D eigenvalue weighted by Crippen LogP contribution is 2.22. The summed E-state index contributed by atoms with van der Waals surface area (Å²) in [5.74, 6) is -0.0626. The molecule has 2 aliphatic rings. The van der Waals surface area contributed by atoms with Gasteiger partial charge in [0.05, 0.1) is 6.10 Å². The Morgan fingerprint density at radius 2 is 2.04 bits per heavy atom. The van der Waals surface area contributed by atoms with E-state index in [0.717, 1.165) is 24.8 Å². The molecule has 0 spiro atoms. The van der Waals surface area contributed by atoms with Crippen LogP contribution in [0.4, 0.5) is 4.79 Å². The van der Waals surface area contributed by atoms with Gasteiger partial charge in [-0.2, -0.15) is 0 Å². The summed E-state index contributed by atoms with van der Waals surface area (Å²) in [7, 11) is 1.66. The number of alkyl halides is 1. The second kappa shape index (κ2) is 8.84. The highest BCUT2D eigenvalue weighted by atomic mass is 127. The summed E-state index contributed by atoms with van der Waals surface area (Å²) in [6.07, 6.45) is 5.81. The normalized spacial score (nSPS) is 23.2. The molecule has 1 saturated heterocycles. The van der Waals surface area contributed by atoms with Crippen molar-refractivity contribution >= 4 is 34.6 Å².